The molecule has 0 amide bonds. The molecule has 1 aromatic rings. The van der Waals surface area contributed by atoms with E-state index in [1.165, 1.54) is 5.69 Å². The Morgan fingerprint density at radius 1 is 1.32 bits per heavy atom. The van der Waals surface area contributed by atoms with Gasteiger partial charge in [-0.05, 0) is 25.1 Å². The second kappa shape index (κ2) is 6.26. The maximum Gasteiger partial charge on any atom is 0.120 e. The molecule has 2 N–H and O–H groups in total. The highest BCUT2D eigenvalue weighted by Gasteiger charge is 2.26. The Balaban J connectivity index is 2.27. The van der Waals surface area contributed by atoms with E-state index in [-0.39, 0.29) is 0 Å². The van der Waals surface area contributed by atoms with Gasteiger partial charge in [-0.15, -0.1) is 0 Å². The summed E-state index contributed by atoms with van der Waals surface area (Å²) < 4.78 is 5.33. The predicted molar refractivity (Wildman–Crippen MR) is 79.8 cm³/mol. The smallest absolute Gasteiger partial charge is 0.120 e. The Labute approximate surface area is 116 Å². The minimum absolute atomic E-state index is 0.363. The molecule has 2 unspecified atom stereocenters. The maximum absolute atomic E-state index is 5.98. The van der Waals surface area contributed by atoms with Gasteiger partial charge in [0.25, 0.3) is 0 Å². The van der Waals surface area contributed by atoms with Gasteiger partial charge in [0.15, 0.2) is 0 Å². The fourth-order valence-electron chi connectivity index (χ4n) is 2.91. The summed E-state index contributed by atoms with van der Waals surface area (Å²) >= 11 is 0. The summed E-state index contributed by atoms with van der Waals surface area (Å²) in [4.78, 5) is 4.80. The predicted octanol–water partition coefficient (Wildman–Crippen LogP) is 1.41. The Kier molecular flexibility index (Phi) is 4.66. The number of nitrogens with zero attached hydrogens (tertiary/aromatic N) is 2. The van der Waals surface area contributed by atoms with Gasteiger partial charge in [0.1, 0.15) is 5.75 Å². The van der Waals surface area contributed by atoms with Crippen molar-refractivity contribution in [1.82, 2.24) is 4.90 Å². The Hall–Kier alpha value is -1.26. The third kappa shape index (κ3) is 3.39. The molecule has 0 radical (unpaired) electrons. The van der Waals surface area contributed by atoms with Crippen LogP contribution in [0.2, 0.25) is 0 Å². The van der Waals surface area contributed by atoms with Gasteiger partial charge in [-0.2, -0.15) is 0 Å². The fraction of sp³-hybridized carbons (Fsp3) is 0.600. The van der Waals surface area contributed by atoms with Crippen molar-refractivity contribution in [1.29, 1.82) is 0 Å². The van der Waals surface area contributed by atoms with Gasteiger partial charge >= 0.3 is 0 Å². The first kappa shape index (κ1) is 14.2. The van der Waals surface area contributed by atoms with Crippen molar-refractivity contribution in [3.8, 4) is 5.75 Å². The molecule has 4 heteroatoms. The third-order valence-electron chi connectivity index (χ3n) is 3.75. The summed E-state index contributed by atoms with van der Waals surface area (Å²) in [7, 11) is 3.88. The zero-order valence-electron chi connectivity index (χ0n) is 12.2. The molecule has 0 spiro atoms. The van der Waals surface area contributed by atoms with Crippen LogP contribution in [0, 0.1) is 5.92 Å². The highest BCUT2D eigenvalue weighted by Crippen LogP contribution is 2.25. The normalized spacial score (nSPS) is 25.2. The summed E-state index contributed by atoms with van der Waals surface area (Å²) in [6.07, 6.45) is 0. The summed E-state index contributed by atoms with van der Waals surface area (Å²) in [6.45, 7) is 6.14. The number of nitrogens with two attached hydrogens (primary N) is 1. The lowest BCUT2D eigenvalue weighted by molar-refractivity contribution is 0.304. The molecule has 2 atom stereocenters. The summed E-state index contributed by atoms with van der Waals surface area (Å²) in [5, 5.41) is 0. The van der Waals surface area contributed by atoms with Crippen LogP contribution >= 0.6 is 0 Å². The number of anilines is 1. The molecule has 1 fully saturated rings. The van der Waals surface area contributed by atoms with Crippen molar-refractivity contribution in [2.75, 3.05) is 45.2 Å². The molecular weight excluding hydrogens is 238 g/mol. The molecule has 2 rings (SSSR count). The van der Waals surface area contributed by atoms with Crippen molar-refractivity contribution >= 4 is 5.69 Å². The Morgan fingerprint density at radius 3 is 2.79 bits per heavy atom. The minimum Gasteiger partial charge on any atom is -0.497 e. The lowest BCUT2D eigenvalue weighted by Crippen LogP contribution is -2.45. The van der Waals surface area contributed by atoms with Crippen LogP contribution in [0.3, 0.4) is 0 Å². The average Bonchev–Trinajstić information content (AvgIpc) is 2.56. The van der Waals surface area contributed by atoms with Gasteiger partial charge in [0.05, 0.1) is 13.2 Å². The highest BCUT2D eigenvalue weighted by molar-refractivity contribution is 5.52. The van der Waals surface area contributed by atoms with Gasteiger partial charge in [-0.25, -0.2) is 0 Å². The lowest BCUT2D eigenvalue weighted by Gasteiger charge is -2.32. The highest BCUT2D eigenvalue weighted by atomic mass is 16.5. The van der Waals surface area contributed by atoms with Crippen LogP contribution in [0.25, 0.3) is 0 Å². The average molecular weight is 263 g/mol. The van der Waals surface area contributed by atoms with Crippen molar-refractivity contribution in [3.63, 3.8) is 0 Å². The fourth-order valence-corrected chi connectivity index (χ4v) is 2.91. The first-order chi connectivity index (χ1) is 9.13. The first-order valence-corrected chi connectivity index (χ1v) is 6.93. The van der Waals surface area contributed by atoms with Crippen LogP contribution in [0.15, 0.2) is 24.3 Å². The van der Waals surface area contributed by atoms with E-state index in [1.54, 1.807) is 7.11 Å². The van der Waals surface area contributed by atoms with Crippen LogP contribution < -0.4 is 15.4 Å². The van der Waals surface area contributed by atoms with E-state index in [2.05, 4.69) is 35.9 Å². The zero-order chi connectivity index (χ0) is 13.8. The van der Waals surface area contributed by atoms with E-state index in [1.807, 2.05) is 12.1 Å². The quantitative estimate of drug-likeness (QED) is 0.895. The molecule has 106 valence electrons. The molecule has 19 heavy (non-hydrogen) atoms. The SMILES string of the molecule is COc1cccc(N2CC(C)CN(C)CC2CN)c1. The lowest BCUT2D eigenvalue weighted by atomic mass is 10.1. The first-order valence-electron chi connectivity index (χ1n) is 6.93. The van der Waals surface area contributed by atoms with Gasteiger partial charge in [-0.1, -0.05) is 13.0 Å². The molecule has 1 aliphatic rings. The van der Waals surface area contributed by atoms with Crippen molar-refractivity contribution in [2.24, 2.45) is 11.7 Å². The second-order valence-corrected chi connectivity index (χ2v) is 5.57. The number of ether oxygens (including phenoxy) is 1. The summed E-state index contributed by atoms with van der Waals surface area (Å²) in [5.74, 6) is 1.53. The largest absolute Gasteiger partial charge is 0.497 e. The van der Waals surface area contributed by atoms with Crippen LogP contribution in [-0.4, -0.2) is 51.3 Å². The number of rotatable bonds is 3. The molecule has 4 nitrogen and oxygen atoms in total. The van der Waals surface area contributed by atoms with E-state index in [9.17, 15) is 0 Å². The number of benzene rings is 1. The summed E-state index contributed by atoms with van der Waals surface area (Å²) in [5.41, 5.74) is 7.18. The third-order valence-corrected chi connectivity index (χ3v) is 3.75. The zero-order valence-corrected chi connectivity index (χ0v) is 12.2. The number of likely N-dealkylation sites (N-methyl/N-ethyl adjacent to an activating group) is 1. The number of hydrogen-bond donors (Lipinski definition) is 1. The van der Waals surface area contributed by atoms with Gasteiger partial charge in [0, 0.05) is 37.9 Å². The number of hydrogen-bond acceptors (Lipinski definition) is 4. The van der Waals surface area contributed by atoms with Crippen LogP contribution in [0.4, 0.5) is 5.69 Å². The molecule has 0 aliphatic carbocycles. The van der Waals surface area contributed by atoms with E-state index < -0.39 is 0 Å². The van der Waals surface area contributed by atoms with E-state index in [4.69, 9.17) is 10.5 Å². The monoisotopic (exact) mass is 263 g/mol. The van der Waals surface area contributed by atoms with Crippen LogP contribution in [0.1, 0.15) is 6.92 Å². The molecule has 0 saturated carbocycles. The molecule has 1 saturated heterocycles. The van der Waals surface area contributed by atoms with Gasteiger partial charge in [0.2, 0.25) is 0 Å². The number of methoxy groups -OCH3 is 1. The Morgan fingerprint density at radius 2 is 2.11 bits per heavy atom. The van der Waals surface area contributed by atoms with Crippen molar-refractivity contribution in [3.05, 3.63) is 24.3 Å². The van der Waals surface area contributed by atoms with Crippen LogP contribution in [0.5, 0.6) is 5.75 Å². The maximum atomic E-state index is 5.98. The van der Waals surface area contributed by atoms with E-state index in [0.717, 1.165) is 25.4 Å². The molecule has 0 aromatic heterocycles. The molecule has 0 bridgehead atoms. The Bertz CT molecular complexity index is 410. The molecular formula is C15H25N3O. The standard InChI is InChI=1S/C15H25N3O/c1-12-9-17(2)11-14(8-16)18(10-12)13-5-4-6-15(7-13)19-3/h4-7,12,14H,8-11,16H2,1-3H3. The van der Waals surface area contributed by atoms with Crippen LogP contribution in [-0.2, 0) is 0 Å². The molecule has 1 aromatic carbocycles. The minimum atomic E-state index is 0.363. The van der Waals surface area contributed by atoms with E-state index in [0.29, 0.717) is 18.5 Å². The van der Waals surface area contributed by atoms with Gasteiger partial charge in [-0.3, -0.25) is 0 Å². The van der Waals surface area contributed by atoms with E-state index >= 15 is 0 Å². The molecule has 1 heterocycles. The van der Waals surface area contributed by atoms with Crippen molar-refractivity contribution in [2.45, 2.75) is 13.0 Å². The van der Waals surface area contributed by atoms with Gasteiger partial charge < -0.3 is 20.3 Å². The topological polar surface area (TPSA) is 41.7 Å². The van der Waals surface area contributed by atoms with Crippen molar-refractivity contribution < 1.29 is 4.74 Å². The second-order valence-electron chi connectivity index (χ2n) is 5.57. The molecule has 1 aliphatic heterocycles. The summed E-state index contributed by atoms with van der Waals surface area (Å²) in [6, 6.07) is 8.63.